The van der Waals surface area contributed by atoms with Gasteiger partial charge in [-0.1, -0.05) is 0 Å². The lowest BCUT2D eigenvalue weighted by Crippen LogP contribution is -2.50. The molecule has 0 rings (SSSR count). The molecule has 16 heteroatoms. The van der Waals surface area contributed by atoms with Gasteiger partial charge in [0.2, 0.25) is 12.2 Å². The molecule has 0 radical (unpaired) electrons. The molecular formula is C14H12F12N2O2. The van der Waals surface area contributed by atoms with Crippen molar-refractivity contribution < 1.29 is 62.3 Å². The molecule has 10 atom stereocenters. The molecular weight excluding hydrogens is 456 g/mol. The van der Waals surface area contributed by atoms with E-state index < -0.39 is 74.3 Å². The highest BCUT2D eigenvalue weighted by atomic mass is 19.3. The summed E-state index contributed by atoms with van der Waals surface area (Å²) < 4.78 is 158. The number of hydrogen-bond acceptors (Lipinski definition) is 4. The Kier molecular flexibility index (Phi) is 11.7. The van der Waals surface area contributed by atoms with E-state index in [1.54, 1.807) is 0 Å². The highest BCUT2D eigenvalue weighted by molar-refractivity contribution is 5.34. The summed E-state index contributed by atoms with van der Waals surface area (Å²) in [6.45, 7) is 0. The molecule has 0 aromatic carbocycles. The quantitative estimate of drug-likeness (QED) is 0.236. The Morgan fingerprint density at radius 1 is 0.400 bits per heavy atom. The van der Waals surface area contributed by atoms with Gasteiger partial charge in [0.25, 0.3) is 12.9 Å². The van der Waals surface area contributed by atoms with Crippen LogP contribution in [0.4, 0.5) is 52.7 Å². The highest BCUT2D eigenvalue weighted by Crippen LogP contribution is 2.31. The molecule has 10 unspecified atom stereocenters. The van der Waals surface area contributed by atoms with E-state index in [9.17, 15) is 62.3 Å². The lowest BCUT2D eigenvalue weighted by Gasteiger charge is -2.28. The molecule has 4 nitrogen and oxygen atoms in total. The van der Waals surface area contributed by atoms with Crippen LogP contribution in [0.2, 0.25) is 0 Å². The Bertz CT molecular complexity index is 564. The van der Waals surface area contributed by atoms with Crippen molar-refractivity contribution in [1.29, 1.82) is 0 Å². The van der Waals surface area contributed by atoms with Crippen LogP contribution in [0, 0.1) is 0 Å². The van der Waals surface area contributed by atoms with Crippen molar-refractivity contribution in [3.63, 3.8) is 0 Å². The first-order valence-corrected chi connectivity index (χ1v) is 7.66. The summed E-state index contributed by atoms with van der Waals surface area (Å²) in [5.74, 6) is 0. The van der Waals surface area contributed by atoms with Crippen LogP contribution in [0.25, 0.3) is 0 Å². The van der Waals surface area contributed by atoms with Crippen LogP contribution >= 0.6 is 0 Å². The Morgan fingerprint density at radius 3 is 0.767 bits per heavy atom. The van der Waals surface area contributed by atoms with E-state index in [1.807, 2.05) is 0 Å². The molecule has 0 fully saturated rings. The molecule has 0 aliphatic heterocycles. The van der Waals surface area contributed by atoms with Gasteiger partial charge in [-0.2, -0.15) is 9.98 Å². The normalized spacial score (nSPS) is 21.9. The minimum atomic E-state index is -4.13. The van der Waals surface area contributed by atoms with Crippen LogP contribution < -0.4 is 0 Å². The maximum atomic E-state index is 13.6. The minimum absolute atomic E-state index is 0.401. The van der Waals surface area contributed by atoms with Crippen LogP contribution in [0.1, 0.15) is 0 Å². The second kappa shape index (κ2) is 12.6. The number of hydrogen-bond donors (Lipinski definition) is 0. The van der Waals surface area contributed by atoms with E-state index in [2.05, 4.69) is 9.98 Å². The van der Waals surface area contributed by atoms with Crippen LogP contribution in [0.15, 0.2) is 9.98 Å². The van der Waals surface area contributed by atoms with Crippen molar-refractivity contribution in [1.82, 2.24) is 0 Å². The van der Waals surface area contributed by atoms with Crippen LogP contribution in [0.5, 0.6) is 0 Å². The summed E-state index contributed by atoms with van der Waals surface area (Å²) in [6.07, 6.45) is -38.9. The number of alkyl halides is 12. The number of aliphatic imine (C=N–C) groups is 2. The first-order chi connectivity index (χ1) is 13.8. The van der Waals surface area contributed by atoms with Crippen LogP contribution in [-0.2, 0) is 9.59 Å². The fourth-order valence-electron chi connectivity index (χ4n) is 2.09. The zero-order chi connectivity index (χ0) is 23.8. The lowest BCUT2D eigenvalue weighted by molar-refractivity contribution is -0.0619. The molecule has 0 amide bonds. The predicted molar refractivity (Wildman–Crippen MR) is 75.0 cm³/mol. The lowest BCUT2D eigenvalue weighted by atomic mass is 9.95. The fraction of sp³-hybridized carbons (Fsp3) is 0.857. The van der Waals surface area contributed by atoms with Crippen molar-refractivity contribution in [2.75, 3.05) is 0 Å². The maximum absolute atomic E-state index is 13.6. The monoisotopic (exact) mass is 468 g/mol. The Morgan fingerprint density at radius 2 is 0.600 bits per heavy atom. The standard InChI is InChI=1S/C14H12F12N2O2/c15-3(5(17)7(19)9(21)11(13(23)24)27-1-29)4(16)6(18)8(20)10(22)12(14(25)26)28-2-30/h3-14H. The molecule has 0 spiro atoms. The third-order valence-electron chi connectivity index (χ3n) is 3.70. The van der Waals surface area contributed by atoms with Gasteiger partial charge in [0, 0.05) is 0 Å². The Labute approximate surface area is 160 Å². The Hall–Kier alpha value is -2.08. The summed E-state index contributed by atoms with van der Waals surface area (Å²) in [7, 11) is 0. The fourth-order valence-corrected chi connectivity index (χ4v) is 2.09. The SMILES string of the molecule is O=C=NC(C(F)F)C(F)C(F)C(F)C(F)C(F)C(F)C(F)C(F)C(N=C=O)C(F)F. The van der Waals surface area contributed by atoms with Crippen molar-refractivity contribution in [3.8, 4) is 0 Å². The van der Waals surface area contributed by atoms with E-state index in [-0.39, 0.29) is 0 Å². The molecule has 0 aromatic rings. The van der Waals surface area contributed by atoms with E-state index in [0.717, 1.165) is 0 Å². The number of halogens is 12. The van der Waals surface area contributed by atoms with Crippen LogP contribution in [0.3, 0.4) is 0 Å². The van der Waals surface area contributed by atoms with Gasteiger partial charge < -0.3 is 0 Å². The number of rotatable bonds is 13. The van der Waals surface area contributed by atoms with Gasteiger partial charge in [-0.05, 0) is 0 Å². The van der Waals surface area contributed by atoms with Crippen molar-refractivity contribution >= 4 is 12.2 Å². The van der Waals surface area contributed by atoms with E-state index in [4.69, 9.17) is 0 Å². The third kappa shape index (κ3) is 7.01. The molecule has 0 N–H and O–H groups in total. The highest BCUT2D eigenvalue weighted by Gasteiger charge is 2.51. The van der Waals surface area contributed by atoms with E-state index in [1.165, 1.54) is 0 Å². The van der Waals surface area contributed by atoms with Gasteiger partial charge in [0.05, 0.1) is 0 Å². The molecule has 0 bridgehead atoms. The summed E-state index contributed by atoms with van der Waals surface area (Å²) >= 11 is 0. The zero-order valence-electron chi connectivity index (χ0n) is 14.2. The minimum Gasteiger partial charge on any atom is -0.242 e. The summed E-state index contributed by atoms with van der Waals surface area (Å²) in [5.41, 5.74) is 0. The Balaban J connectivity index is 5.38. The average molecular weight is 468 g/mol. The largest absolute Gasteiger partial charge is 0.264 e. The number of isocyanates is 2. The van der Waals surface area contributed by atoms with Gasteiger partial charge in [0.15, 0.2) is 61.5 Å². The predicted octanol–water partition coefficient (Wildman–Crippen LogP) is 3.63. The number of nitrogens with zero attached hydrogens (tertiary/aromatic N) is 2. The molecule has 0 aliphatic carbocycles. The molecule has 174 valence electrons. The molecule has 0 heterocycles. The van der Waals surface area contributed by atoms with Crippen molar-refractivity contribution in [2.45, 2.75) is 74.3 Å². The van der Waals surface area contributed by atoms with E-state index >= 15 is 0 Å². The first kappa shape index (κ1) is 27.9. The maximum Gasteiger partial charge on any atom is 0.264 e. The van der Waals surface area contributed by atoms with Crippen LogP contribution in [-0.4, -0.2) is 86.5 Å². The van der Waals surface area contributed by atoms with Gasteiger partial charge in [-0.25, -0.2) is 62.3 Å². The summed E-state index contributed by atoms with van der Waals surface area (Å²) in [5, 5.41) is 0. The topological polar surface area (TPSA) is 58.9 Å². The van der Waals surface area contributed by atoms with Crippen molar-refractivity contribution in [3.05, 3.63) is 0 Å². The third-order valence-corrected chi connectivity index (χ3v) is 3.70. The van der Waals surface area contributed by atoms with Gasteiger partial charge in [-0.3, -0.25) is 0 Å². The van der Waals surface area contributed by atoms with Gasteiger partial charge >= 0.3 is 0 Å². The van der Waals surface area contributed by atoms with E-state index in [0.29, 0.717) is 12.2 Å². The molecule has 30 heavy (non-hydrogen) atoms. The molecule has 0 saturated carbocycles. The number of carbonyl (C=O) groups excluding carboxylic acids is 2. The summed E-state index contributed by atoms with van der Waals surface area (Å²) in [6, 6.07) is -6.39. The molecule has 0 aromatic heterocycles. The molecule has 0 aliphatic rings. The average Bonchev–Trinajstić information content (AvgIpc) is 2.70. The smallest absolute Gasteiger partial charge is 0.242 e. The van der Waals surface area contributed by atoms with Gasteiger partial charge in [0.1, 0.15) is 0 Å². The first-order valence-electron chi connectivity index (χ1n) is 7.66. The second-order valence-electron chi connectivity index (χ2n) is 5.65. The van der Waals surface area contributed by atoms with Crippen molar-refractivity contribution in [2.24, 2.45) is 9.98 Å². The van der Waals surface area contributed by atoms with Gasteiger partial charge in [-0.15, -0.1) is 0 Å². The summed E-state index contributed by atoms with van der Waals surface area (Å²) in [4.78, 5) is 24.0. The molecule has 0 saturated heterocycles. The second-order valence-corrected chi connectivity index (χ2v) is 5.65. The zero-order valence-corrected chi connectivity index (χ0v) is 14.2.